The van der Waals surface area contributed by atoms with Crippen LogP contribution < -0.4 is 0 Å². The second kappa shape index (κ2) is 4.47. The van der Waals surface area contributed by atoms with Crippen LogP contribution in [0.5, 0.6) is 0 Å². The molecule has 0 aliphatic rings. The maximum atomic E-state index is 13.3. The van der Waals surface area contributed by atoms with E-state index in [1.54, 1.807) is 12.1 Å². The molecule has 0 saturated carbocycles. The lowest BCUT2D eigenvalue weighted by atomic mass is 10.1. The van der Waals surface area contributed by atoms with E-state index in [-0.39, 0.29) is 10.3 Å². The Morgan fingerprint density at radius 1 is 1.31 bits per heavy atom. The third kappa shape index (κ3) is 2.08. The van der Waals surface area contributed by atoms with Gasteiger partial charge in [0.25, 0.3) is 0 Å². The molecule has 0 fully saturated rings. The van der Waals surface area contributed by atoms with E-state index in [0.717, 1.165) is 4.88 Å². The smallest absolute Gasteiger partial charge is 0.204 e. The summed E-state index contributed by atoms with van der Waals surface area (Å²) >= 11 is 4.51. The summed E-state index contributed by atoms with van der Waals surface area (Å²) in [5, 5.41) is 0. The summed E-state index contributed by atoms with van der Waals surface area (Å²) in [7, 11) is 0. The third-order valence-corrected chi connectivity index (χ3v) is 3.97. The van der Waals surface area contributed by atoms with Gasteiger partial charge in [-0.15, -0.1) is 11.3 Å². The van der Waals surface area contributed by atoms with Gasteiger partial charge < -0.3 is 0 Å². The molecule has 1 heterocycles. The highest BCUT2D eigenvalue weighted by atomic mass is 79.9. The summed E-state index contributed by atoms with van der Waals surface area (Å²) < 4.78 is 13.5. The van der Waals surface area contributed by atoms with E-state index in [9.17, 15) is 9.18 Å². The highest BCUT2D eigenvalue weighted by molar-refractivity contribution is 9.10. The number of carbonyl (C=O) groups excluding carboxylic acids is 1. The molecular formula is C12H8BrFOS. The van der Waals surface area contributed by atoms with E-state index in [4.69, 9.17) is 0 Å². The van der Waals surface area contributed by atoms with Crippen molar-refractivity contribution >= 4 is 33.0 Å². The number of ketones is 1. The van der Waals surface area contributed by atoms with Gasteiger partial charge in [-0.3, -0.25) is 4.79 Å². The van der Waals surface area contributed by atoms with Crippen molar-refractivity contribution in [2.75, 3.05) is 0 Å². The first-order chi connectivity index (χ1) is 7.59. The number of rotatable bonds is 2. The Morgan fingerprint density at radius 2 is 2.06 bits per heavy atom. The van der Waals surface area contributed by atoms with E-state index in [2.05, 4.69) is 15.9 Å². The van der Waals surface area contributed by atoms with Gasteiger partial charge in [0.15, 0.2) is 0 Å². The van der Waals surface area contributed by atoms with E-state index >= 15 is 0 Å². The van der Waals surface area contributed by atoms with Crippen LogP contribution in [0.1, 0.15) is 20.1 Å². The fourth-order valence-corrected chi connectivity index (χ4v) is 2.63. The highest BCUT2D eigenvalue weighted by Gasteiger charge is 2.16. The summed E-state index contributed by atoms with van der Waals surface area (Å²) in [6, 6.07) is 8.11. The quantitative estimate of drug-likeness (QED) is 0.760. The van der Waals surface area contributed by atoms with E-state index < -0.39 is 5.82 Å². The van der Waals surface area contributed by atoms with Crippen LogP contribution in [0.15, 0.2) is 34.8 Å². The van der Waals surface area contributed by atoms with Gasteiger partial charge in [-0.25, -0.2) is 4.39 Å². The zero-order chi connectivity index (χ0) is 11.7. The average Bonchev–Trinajstić information content (AvgIpc) is 2.68. The van der Waals surface area contributed by atoms with Crippen molar-refractivity contribution in [1.29, 1.82) is 0 Å². The van der Waals surface area contributed by atoms with Crippen molar-refractivity contribution in [3.05, 3.63) is 55.9 Å². The minimum atomic E-state index is -0.417. The molecule has 2 rings (SSSR count). The molecule has 0 aliphatic carbocycles. The molecule has 1 aromatic carbocycles. The van der Waals surface area contributed by atoms with Gasteiger partial charge >= 0.3 is 0 Å². The number of benzene rings is 1. The molecular weight excluding hydrogens is 291 g/mol. The van der Waals surface area contributed by atoms with Crippen LogP contribution >= 0.6 is 27.3 Å². The van der Waals surface area contributed by atoms with Gasteiger partial charge in [0.05, 0.1) is 9.35 Å². The standard InChI is InChI=1S/C12H8BrFOS/c1-7-5-6-10(16-7)12(15)8-3-2-4-9(14)11(8)13/h2-6H,1H3. The minimum Gasteiger partial charge on any atom is -0.288 e. The Bertz CT molecular complexity index is 548. The number of halogens is 2. The Balaban J connectivity index is 2.45. The summed E-state index contributed by atoms with van der Waals surface area (Å²) in [6.45, 7) is 1.93. The number of carbonyl (C=O) groups is 1. The number of hydrogen-bond donors (Lipinski definition) is 0. The lowest BCUT2D eigenvalue weighted by molar-refractivity contribution is 0.104. The molecule has 0 radical (unpaired) electrons. The second-order valence-corrected chi connectivity index (χ2v) is 5.42. The summed E-state index contributed by atoms with van der Waals surface area (Å²) in [5.74, 6) is -0.566. The van der Waals surface area contributed by atoms with Gasteiger partial charge in [0, 0.05) is 10.4 Å². The molecule has 0 saturated heterocycles. The predicted octanol–water partition coefficient (Wildman–Crippen LogP) is 4.19. The van der Waals surface area contributed by atoms with Crippen LogP contribution in [0.4, 0.5) is 4.39 Å². The van der Waals surface area contributed by atoms with Crippen molar-refractivity contribution in [2.24, 2.45) is 0 Å². The van der Waals surface area contributed by atoms with Crippen molar-refractivity contribution in [2.45, 2.75) is 6.92 Å². The minimum absolute atomic E-state index is 0.149. The van der Waals surface area contributed by atoms with Crippen LogP contribution in [0.25, 0.3) is 0 Å². The van der Waals surface area contributed by atoms with Gasteiger partial charge in [-0.1, -0.05) is 6.07 Å². The third-order valence-electron chi connectivity index (χ3n) is 2.16. The fourth-order valence-electron chi connectivity index (χ4n) is 1.37. The van der Waals surface area contributed by atoms with Crippen LogP contribution in [-0.2, 0) is 0 Å². The Kier molecular flexibility index (Phi) is 3.21. The van der Waals surface area contributed by atoms with E-state index in [1.165, 1.54) is 23.5 Å². The zero-order valence-electron chi connectivity index (χ0n) is 8.46. The second-order valence-electron chi connectivity index (χ2n) is 3.34. The molecule has 0 amide bonds. The molecule has 0 spiro atoms. The molecule has 82 valence electrons. The maximum Gasteiger partial charge on any atom is 0.204 e. The molecule has 0 unspecified atom stereocenters. The van der Waals surface area contributed by atoms with E-state index in [0.29, 0.717) is 10.4 Å². The molecule has 0 atom stereocenters. The first kappa shape index (κ1) is 11.5. The zero-order valence-corrected chi connectivity index (χ0v) is 10.9. The molecule has 1 aromatic heterocycles. The Labute approximate surface area is 105 Å². The lowest BCUT2D eigenvalue weighted by Crippen LogP contribution is -2.00. The monoisotopic (exact) mass is 298 g/mol. The lowest BCUT2D eigenvalue weighted by Gasteiger charge is -2.02. The van der Waals surface area contributed by atoms with Crippen molar-refractivity contribution in [1.82, 2.24) is 0 Å². The van der Waals surface area contributed by atoms with E-state index in [1.807, 2.05) is 13.0 Å². The molecule has 1 nitrogen and oxygen atoms in total. The number of aryl methyl sites for hydroxylation is 1. The maximum absolute atomic E-state index is 13.3. The normalized spacial score (nSPS) is 10.4. The molecule has 0 aliphatic heterocycles. The largest absolute Gasteiger partial charge is 0.288 e. The van der Waals surface area contributed by atoms with Crippen molar-refractivity contribution < 1.29 is 9.18 Å². The Hall–Kier alpha value is -1.00. The molecule has 4 heteroatoms. The highest BCUT2D eigenvalue weighted by Crippen LogP contribution is 2.25. The molecule has 0 bridgehead atoms. The number of thiophene rings is 1. The van der Waals surface area contributed by atoms with Crippen LogP contribution in [0, 0.1) is 12.7 Å². The Morgan fingerprint density at radius 3 is 2.69 bits per heavy atom. The SMILES string of the molecule is Cc1ccc(C(=O)c2cccc(F)c2Br)s1. The van der Waals surface area contributed by atoms with Crippen LogP contribution in [0.3, 0.4) is 0 Å². The van der Waals surface area contributed by atoms with Crippen molar-refractivity contribution in [3.8, 4) is 0 Å². The van der Waals surface area contributed by atoms with Crippen LogP contribution in [-0.4, -0.2) is 5.78 Å². The van der Waals surface area contributed by atoms with Crippen LogP contribution in [0.2, 0.25) is 0 Å². The van der Waals surface area contributed by atoms with Gasteiger partial charge in [-0.05, 0) is 47.1 Å². The summed E-state index contributed by atoms with van der Waals surface area (Å²) in [6.07, 6.45) is 0. The summed E-state index contributed by atoms with van der Waals surface area (Å²) in [4.78, 5) is 13.7. The molecule has 16 heavy (non-hydrogen) atoms. The average molecular weight is 299 g/mol. The van der Waals surface area contributed by atoms with Gasteiger partial charge in [0.1, 0.15) is 5.82 Å². The topological polar surface area (TPSA) is 17.1 Å². The summed E-state index contributed by atoms with van der Waals surface area (Å²) in [5.41, 5.74) is 0.363. The first-order valence-corrected chi connectivity index (χ1v) is 6.25. The first-order valence-electron chi connectivity index (χ1n) is 4.65. The van der Waals surface area contributed by atoms with Gasteiger partial charge in [0.2, 0.25) is 5.78 Å². The molecule has 0 N–H and O–H groups in total. The predicted molar refractivity (Wildman–Crippen MR) is 66.6 cm³/mol. The van der Waals surface area contributed by atoms with Crippen molar-refractivity contribution in [3.63, 3.8) is 0 Å². The molecule has 2 aromatic rings. The number of hydrogen-bond acceptors (Lipinski definition) is 2. The fraction of sp³-hybridized carbons (Fsp3) is 0.0833. The van der Waals surface area contributed by atoms with Gasteiger partial charge in [-0.2, -0.15) is 0 Å².